The third-order valence-corrected chi connectivity index (χ3v) is 8.53. The molecular weight excluding hydrogens is 416 g/mol. The Morgan fingerprint density at radius 3 is 2.94 bits per heavy atom. The van der Waals surface area contributed by atoms with Gasteiger partial charge in [0.1, 0.15) is 17.6 Å². The number of rotatable bonds is 5. The summed E-state index contributed by atoms with van der Waals surface area (Å²) in [5.41, 5.74) is 3.55. The number of ketones is 1. The Bertz CT molecular complexity index is 1120. The van der Waals surface area contributed by atoms with Gasteiger partial charge in [0.2, 0.25) is 5.91 Å². The molecule has 6 heteroatoms. The van der Waals surface area contributed by atoms with E-state index < -0.39 is 0 Å². The van der Waals surface area contributed by atoms with Crippen molar-refractivity contribution >= 4 is 17.8 Å². The van der Waals surface area contributed by atoms with Gasteiger partial charge in [-0.25, -0.2) is 0 Å². The zero-order valence-corrected chi connectivity index (χ0v) is 19.2. The molecule has 1 amide bonds. The summed E-state index contributed by atoms with van der Waals surface area (Å²) in [4.78, 5) is 29.4. The zero-order chi connectivity index (χ0) is 22.7. The van der Waals surface area contributed by atoms with Gasteiger partial charge in [0, 0.05) is 35.7 Å². The number of carbonyl (C=O) groups excluding carboxylic acids is 2. The monoisotopic (exact) mass is 446 g/mol. The van der Waals surface area contributed by atoms with Crippen LogP contribution in [0.2, 0.25) is 0 Å². The van der Waals surface area contributed by atoms with Crippen molar-refractivity contribution < 1.29 is 18.7 Å². The van der Waals surface area contributed by atoms with Crippen molar-refractivity contribution in [2.24, 2.45) is 5.92 Å². The standard InChI is InChI=1S/C27H30N2O4/c1-17(30)15-29-12-11-27-20-7-8-21(28(2)24(31)9-6-18-10-13-32-16-18)26(27)33-23-5-3-4-19(25(23)27)14-22(20)29/h3-6,9-10,13,16,20-22,26H,7-8,11-12,14-15H2,1-2H3/t20-,21+,22+,26-,27-/m0/s1. The second-order valence-corrected chi connectivity index (χ2v) is 10.2. The van der Waals surface area contributed by atoms with Crippen LogP contribution in [-0.2, 0) is 21.4 Å². The Morgan fingerprint density at radius 2 is 2.15 bits per heavy atom. The highest BCUT2D eigenvalue weighted by Gasteiger charge is 2.65. The van der Waals surface area contributed by atoms with Gasteiger partial charge in [-0.15, -0.1) is 0 Å². The third kappa shape index (κ3) is 3.03. The van der Waals surface area contributed by atoms with Crippen molar-refractivity contribution in [3.8, 4) is 5.75 Å². The molecule has 0 radical (unpaired) electrons. The van der Waals surface area contributed by atoms with E-state index in [1.807, 2.05) is 18.0 Å². The molecule has 1 aromatic carbocycles. The highest BCUT2D eigenvalue weighted by Crippen LogP contribution is 2.62. The van der Waals surface area contributed by atoms with E-state index in [0.717, 1.165) is 43.5 Å². The molecule has 0 N–H and O–H groups in total. The van der Waals surface area contributed by atoms with Crippen molar-refractivity contribution in [1.29, 1.82) is 0 Å². The average molecular weight is 447 g/mol. The van der Waals surface area contributed by atoms with Crippen LogP contribution in [0.15, 0.2) is 47.3 Å². The summed E-state index contributed by atoms with van der Waals surface area (Å²) in [6.45, 7) is 3.12. The second-order valence-electron chi connectivity index (χ2n) is 10.2. The lowest BCUT2D eigenvalue weighted by Gasteiger charge is -2.60. The van der Waals surface area contributed by atoms with E-state index in [2.05, 4.69) is 23.1 Å². The quantitative estimate of drug-likeness (QED) is 0.659. The Balaban J connectivity index is 1.35. The first-order valence-electron chi connectivity index (χ1n) is 12.0. The number of benzene rings is 1. The van der Waals surface area contributed by atoms with Crippen molar-refractivity contribution in [3.63, 3.8) is 0 Å². The topological polar surface area (TPSA) is 63.0 Å². The average Bonchev–Trinajstić information content (AvgIpc) is 3.43. The molecule has 2 fully saturated rings. The van der Waals surface area contributed by atoms with Gasteiger partial charge in [0.15, 0.2) is 0 Å². The maximum Gasteiger partial charge on any atom is 0.246 e. The summed E-state index contributed by atoms with van der Waals surface area (Å²) in [6, 6.07) is 8.63. The van der Waals surface area contributed by atoms with Crippen LogP contribution in [0.25, 0.3) is 6.08 Å². The molecule has 1 spiro atoms. The van der Waals surface area contributed by atoms with Crippen LogP contribution in [0, 0.1) is 5.92 Å². The molecule has 1 saturated heterocycles. The minimum absolute atomic E-state index is 0.0149. The Morgan fingerprint density at radius 1 is 1.27 bits per heavy atom. The van der Waals surface area contributed by atoms with Crippen LogP contribution < -0.4 is 4.74 Å². The number of hydrogen-bond donors (Lipinski definition) is 0. The molecule has 33 heavy (non-hydrogen) atoms. The number of carbonyl (C=O) groups is 2. The largest absolute Gasteiger partial charge is 0.487 e. The Labute approximate surface area is 194 Å². The number of ether oxygens (including phenoxy) is 1. The first-order chi connectivity index (χ1) is 16.0. The maximum atomic E-state index is 13.1. The van der Waals surface area contributed by atoms with Gasteiger partial charge in [-0.3, -0.25) is 14.5 Å². The maximum absolute atomic E-state index is 13.1. The molecule has 1 saturated carbocycles. The lowest BCUT2D eigenvalue weighted by Crippen LogP contribution is -2.69. The van der Waals surface area contributed by atoms with Gasteiger partial charge in [0.05, 0.1) is 25.1 Å². The van der Waals surface area contributed by atoms with Gasteiger partial charge in [-0.05, 0) is 68.8 Å². The SMILES string of the molecule is CC(=O)CN1CC[C@]23c4c5cccc4O[C@H]2[C@H](N(C)C(=O)C=Cc2ccoc2)CC[C@H]3[C@H]1C5. The highest BCUT2D eigenvalue weighted by atomic mass is 16.5. The van der Waals surface area contributed by atoms with E-state index in [9.17, 15) is 9.59 Å². The van der Waals surface area contributed by atoms with Crippen LogP contribution in [0.5, 0.6) is 5.75 Å². The number of hydrogen-bond acceptors (Lipinski definition) is 5. The summed E-state index contributed by atoms with van der Waals surface area (Å²) in [7, 11) is 1.90. The number of Topliss-reactive ketones (excluding diaryl/α,β-unsaturated/α-hetero) is 1. The van der Waals surface area contributed by atoms with E-state index in [0.29, 0.717) is 18.5 Å². The summed E-state index contributed by atoms with van der Waals surface area (Å²) in [5.74, 6) is 1.67. The van der Waals surface area contributed by atoms with Crippen LogP contribution in [-0.4, -0.2) is 59.8 Å². The van der Waals surface area contributed by atoms with Gasteiger partial charge < -0.3 is 14.1 Å². The Hall–Kier alpha value is -2.86. The van der Waals surface area contributed by atoms with E-state index in [1.54, 1.807) is 31.6 Å². The first kappa shape index (κ1) is 20.7. The molecule has 6 rings (SSSR count). The molecule has 1 aromatic heterocycles. The molecule has 2 aromatic rings. The van der Waals surface area contributed by atoms with Crippen molar-refractivity contribution in [2.75, 3.05) is 20.1 Å². The molecule has 4 aliphatic rings. The molecule has 3 heterocycles. The molecule has 2 bridgehead atoms. The van der Waals surface area contributed by atoms with Gasteiger partial charge >= 0.3 is 0 Å². The minimum atomic E-state index is -0.0755. The molecular formula is C27H30N2O4. The van der Waals surface area contributed by atoms with Gasteiger partial charge in [0.25, 0.3) is 0 Å². The smallest absolute Gasteiger partial charge is 0.246 e. The predicted octanol–water partition coefficient (Wildman–Crippen LogP) is 3.45. The first-order valence-corrected chi connectivity index (χ1v) is 12.0. The minimum Gasteiger partial charge on any atom is -0.487 e. The molecule has 2 aliphatic heterocycles. The zero-order valence-electron chi connectivity index (χ0n) is 19.2. The molecule has 2 aliphatic carbocycles. The number of piperidine rings is 1. The fourth-order valence-electron chi connectivity index (χ4n) is 7.27. The Kier molecular flexibility index (Phi) is 4.77. The fourth-order valence-corrected chi connectivity index (χ4v) is 7.27. The molecule has 0 unspecified atom stereocenters. The van der Waals surface area contributed by atoms with Crippen LogP contribution >= 0.6 is 0 Å². The lowest BCUT2D eigenvalue weighted by molar-refractivity contribution is -0.136. The van der Waals surface area contributed by atoms with Crippen molar-refractivity contribution in [3.05, 3.63) is 59.6 Å². The van der Waals surface area contributed by atoms with Crippen molar-refractivity contribution in [1.82, 2.24) is 9.80 Å². The van der Waals surface area contributed by atoms with E-state index >= 15 is 0 Å². The number of amides is 1. The van der Waals surface area contributed by atoms with Crippen LogP contribution in [0.1, 0.15) is 42.9 Å². The number of likely N-dealkylation sites (N-methyl/N-ethyl adjacent to an activating group) is 1. The summed E-state index contributed by atoms with van der Waals surface area (Å²) < 4.78 is 11.8. The van der Waals surface area contributed by atoms with Crippen molar-refractivity contribution in [2.45, 2.75) is 56.2 Å². The predicted molar refractivity (Wildman–Crippen MR) is 124 cm³/mol. The third-order valence-electron chi connectivity index (χ3n) is 8.53. The number of likely N-dealkylation sites (tertiary alicyclic amines) is 1. The highest BCUT2D eigenvalue weighted by molar-refractivity contribution is 5.91. The summed E-state index contributed by atoms with van der Waals surface area (Å²) in [6.07, 6.45) is 10.5. The lowest BCUT2D eigenvalue weighted by atomic mass is 9.51. The second kappa shape index (κ2) is 7.59. The summed E-state index contributed by atoms with van der Waals surface area (Å²) >= 11 is 0. The van der Waals surface area contributed by atoms with Crippen LogP contribution in [0.3, 0.4) is 0 Å². The fraction of sp³-hybridized carbons (Fsp3) is 0.481. The van der Waals surface area contributed by atoms with Gasteiger partial charge in [-0.2, -0.15) is 0 Å². The molecule has 6 nitrogen and oxygen atoms in total. The number of furan rings is 1. The normalized spacial score (nSPS) is 31.8. The molecule has 5 atom stereocenters. The summed E-state index contributed by atoms with van der Waals surface area (Å²) in [5, 5.41) is 0. The van der Waals surface area contributed by atoms with Crippen LogP contribution in [0.4, 0.5) is 0 Å². The number of nitrogens with zero attached hydrogens (tertiary/aromatic N) is 2. The van der Waals surface area contributed by atoms with E-state index in [1.165, 1.54) is 11.1 Å². The molecule has 172 valence electrons. The van der Waals surface area contributed by atoms with E-state index in [4.69, 9.17) is 9.15 Å². The van der Waals surface area contributed by atoms with E-state index in [-0.39, 0.29) is 29.3 Å². The van der Waals surface area contributed by atoms with Gasteiger partial charge in [-0.1, -0.05) is 12.1 Å².